The minimum absolute atomic E-state index is 0.487. The van der Waals surface area contributed by atoms with Gasteiger partial charge in [-0.25, -0.2) is 0 Å². The van der Waals surface area contributed by atoms with Crippen LogP contribution in [0, 0.1) is 5.41 Å². The summed E-state index contributed by atoms with van der Waals surface area (Å²) < 4.78 is 0. The predicted octanol–water partition coefficient (Wildman–Crippen LogP) is 4.15. The lowest BCUT2D eigenvalue weighted by atomic mass is 9.83. The molecule has 1 aromatic carbocycles. The van der Waals surface area contributed by atoms with Crippen molar-refractivity contribution >= 4 is 0 Å². The summed E-state index contributed by atoms with van der Waals surface area (Å²) in [5.41, 5.74) is 3.64. The van der Waals surface area contributed by atoms with Crippen LogP contribution in [0.3, 0.4) is 0 Å². The van der Waals surface area contributed by atoms with Gasteiger partial charge in [-0.2, -0.15) is 0 Å². The van der Waals surface area contributed by atoms with E-state index in [1.54, 1.807) is 11.1 Å². The van der Waals surface area contributed by atoms with Crippen molar-refractivity contribution < 1.29 is 0 Å². The highest BCUT2D eigenvalue weighted by Crippen LogP contribution is 2.38. The molecular formula is C14H20. The molecule has 0 saturated heterocycles. The van der Waals surface area contributed by atoms with Gasteiger partial charge >= 0.3 is 0 Å². The van der Waals surface area contributed by atoms with Gasteiger partial charge in [0.1, 0.15) is 0 Å². The molecule has 2 rings (SSSR count). The molecule has 1 aliphatic carbocycles. The molecule has 0 spiro atoms. The van der Waals surface area contributed by atoms with Gasteiger partial charge in [-0.15, -0.1) is 0 Å². The molecule has 0 nitrogen and oxygen atoms in total. The predicted molar refractivity (Wildman–Crippen MR) is 61.6 cm³/mol. The third kappa shape index (κ3) is 1.84. The average Bonchev–Trinajstić information content (AvgIpc) is 2.25. The van der Waals surface area contributed by atoms with Crippen molar-refractivity contribution in [3.8, 4) is 0 Å². The first kappa shape index (κ1) is 9.76. The van der Waals surface area contributed by atoms with Crippen LogP contribution in [0.15, 0.2) is 24.3 Å². The third-order valence-corrected chi connectivity index (χ3v) is 3.51. The molecule has 1 aliphatic rings. The minimum Gasteiger partial charge on any atom is -0.0620 e. The highest BCUT2D eigenvalue weighted by Gasteiger charge is 2.25. The van der Waals surface area contributed by atoms with Gasteiger partial charge in [0.25, 0.3) is 0 Å². The first-order valence-corrected chi connectivity index (χ1v) is 5.66. The van der Waals surface area contributed by atoms with Crippen molar-refractivity contribution in [3.05, 3.63) is 35.4 Å². The Morgan fingerprint density at radius 2 is 1.93 bits per heavy atom. The SMILES string of the molecule is CC1CCC(C)(C)Cc2ccccc21. The van der Waals surface area contributed by atoms with Crippen molar-refractivity contribution in [3.63, 3.8) is 0 Å². The van der Waals surface area contributed by atoms with Crippen LogP contribution < -0.4 is 0 Å². The van der Waals surface area contributed by atoms with Gasteiger partial charge in [0.05, 0.1) is 0 Å². The molecule has 0 fully saturated rings. The van der Waals surface area contributed by atoms with Crippen molar-refractivity contribution in [2.45, 2.75) is 46.0 Å². The van der Waals surface area contributed by atoms with Crippen LogP contribution in [0.2, 0.25) is 0 Å². The van der Waals surface area contributed by atoms with E-state index in [2.05, 4.69) is 45.0 Å². The lowest BCUT2D eigenvalue weighted by molar-refractivity contribution is 0.326. The van der Waals surface area contributed by atoms with Crippen molar-refractivity contribution in [1.29, 1.82) is 0 Å². The molecule has 0 heterocycles. The lowest BCUT2D eigenvalue weighted by Gasteiger charge is -2.22. The van der Waals surface area contributed by atoms with E-state index in [1.807, 2.05) is 0 Å². The fraction of sp³-hybridized carbons (Fsp3) is 0.571. The Kier molecular flexibility index (Phi) is 2.38. The van der Waals surface area contributed by atoms with E-state index >= 15 is 0 Å². The van der Waals surface area contributed by atoms with Gasteiger partial charge in [0.15, 0.2) is 0 Å². The molecule has 0 amide bonds. The van der Waals surface area contributed by atoms with Crippen LogP contribution in [-0.2, 0) is 6.42 Å². The Hall–Kier alpha value is -0.780. The molecule has 0 N–H and O–H groups in total. The Labute approximate surface area is 87.3 Å². The Balaban J connectivity index is 2.41. The van der Waals surface area contributed by atoms with E-state index in [1.165, 1.54) is 19.3 Å². The molecular weight excluding hydrogens is 168 g/mol. The zero-order chi connectivity index (χ0) is 10.2. The number of fused-ring (bicyclic) bond motifs is 1. The molecule has 1 aromatic rings. The summed E-state index contributed by atoms with van der Waals surface area (Å²) in [7, 11) is 0. The minimum atomic E-state index is 0.487. The first-order chi connectivity index (χ1) is 6.58. The molecule has 0 aromatic heterocycles. The average molecular weight is 188 g/mol. The monoisotopic (exact) mass is 188 g/mol. The Morgan fingerprint density at radius 3 is 2.71 bits per heavy atom. The van der Waals surface area contributed by atoms with Crippen LogP contribution in [0.1, 0.15) is 50.7 Å². The quantitative estimate of drug-likeness (QED) is 0.536. The van der Waals surface area contributed by atoms with E-state index < -0.39 is 0 Å². The summed E-state index contributed by atoms with van der Waals surface area (Å²) in [5.74, 6) is 0.743. The summed E-state index contributed by atoms with van der Waals surface area (Å²) >= 11 is 0. The van der Waals surface area contributed by atoms with Gasteiger partial charge in [-0.3, -0.25) is 0 Å². The normalized spacial score (nSPS) is 25.2. The molecule has 0 radical (unpaired) electrons. The molecule has 1 unspecified atom stereocenters. The van der Waals surface area contributed by atoms with Crippen LogP contribution in [-0.4, -0.2) is 0 Å². The van der Waals surface area contributed by atoms with Gasteiger partial charge in [0.2, 0.25) is 0 Å². The van der Waals surface area contributed by atoms with Gasteiger partial charge in [0, 0.05) is 0 Å². The molecule has 0 heteroatoms. The summed E-state index contributed by atoms with van der Waals surface area (Å²) in [4.78, 5) is 0. The van der Waals surface area contributed by atoms with Crippen LogP contribution in [0.25, 0.3) is 0 Å². The maximum absolute atomic E-state index is 2.39. The van der Waals surface area contributed by atoms with Crippen LogP contribution in [0.4, 0.5) is 0 Å². The Morgan fingerprint density at radius 1 is 1.21 bits per heavy atom. The van der Waals surface area contributed by atoms with Crippen LogP contribution in [0.5, 0.6) is 0 Å². The van der Waals surface area contributed by atoms with E-state index in [9.17, 15) is 0 Å². The smallest absolute Gasteiger partial charge is 0.0187 e. The largest absolute Gasteiger partial charge is 0.0620 e. The maximum Gasteiger partial charge on any atom is -0.0187 e. The second-order valence-corrected chi connectivity index (χ2v) is 5.48. The van der Waals surface area contributed by atoms with Gasteiger partial charge < -0.3 is 0 Å². The molecule has 0 bridgehead atoms. The maximum atomic E-state index is 2.39. The number of rotatable bonds is 0. The summed E-state index contributed by atoms with van der Waals surface area (Å²) in [6.45, 7) is 7.14. The topological polar surface area (TPSA) is 0 Å². The fourth-order valence-electron chi connectivity index (χ4n) is 2.54. The molecule has 0 saturated carbocycles. The summed E-state index contributed by atoms with van der Waals surface area (Å²) in [6, 6.07) is 8.96. The second kappa shape index (κ2) is 3.42. The summed E-state index contributed by atoms with van der Waals surface area (Å²) in [5, 5.41) is 0. The molecule has 1 atom stereocenters. The third-order valence-electron chi connectivity index (χ3n) is 3.51. The fourth-order valence-corrected chi connectivity index (χ4v) is 2.54. The number of benzene rings is 1. The Bertz CT molecular complexity index is 323. The molecule has 14 heavy (non-hydrogen) atoms. The second-order valence-electron chi connectivity index (χ2n) is 5.48. The highest BCUT2D eigenvalue weighted by atomic mass is 14.3. The van der Waals surface area contributed by atoms with Crippen molar-refractivity contribution in [1.82, 2.24) is 0 Å². The molecule has 0 aliphatic heterocycles. The van der Waals surface area contributed by atoms with E-state index in [-0.39, 0.29) is 0 Å². The summed E-state index contributed by atoms with van der Waals surface area (Å²) in [6.07, 6.45) is 3.93. The number of hydrogen-bond acceptors (Lipinski definition) is 0. The van der Waals surface area contributed by atoms with E-state index in [4.69, 9.17) is 0 Å². The number of hydrogen-bond donors (Lipinski definition) is 0. The zero-order valence-corrected chi connectivity index (χ0v) is 9.51. The van der Waals surface area contributed by atoms with E-state index in [0.29, 0.717) is 5.41 Å². The standard InChI is InChI=1S/C14H20/c1-11-8-9-14(2,3)10-12-6-4-5-7-13(11)12/h4-7,11H,8-10H2,1-3H3. The van der Waals surface area contributed by atoms with Gasteiger partial charge in [-0.05, 0) is 41.7 Å². The van der Waals surface area contributed by atoms with Crippen molar-refractivity contribution in [2.75, 3.05) is 0 Å². The van der Waals surface area contributed by atoms with E-state index in [0.717, 1.165) is 5.92 Å². The van der Waals surface area contributed by atoms with Gasteiger partial charge in [-0.1, -0.05) is 45.0 Å². The highest BCUT2D eigenvalue weighted by molar-refractivity contribution is 5.32. The van der Waals surface area contributed by atoms with Crippen molar-refractivity contribution in [2.24, 2.45) is 5.41 Å². The molecule has 76 valence electrons. The lowest BCUT2D eigenvalue weighted by Crippen LogP contribution is -2.13. The zero-order valence-electron chi connectivity index (χ0n) is 9.51. The van der Waals surface area contributed by atoms with Crippen LogP contribution >= 0.6 is 0 Å². The first-order valence-electron chi connectivity index (χ1n) is 5.66.